The minimum absolute atomic E-state index is 0.130. The van der Waals surface area contributed by atoms with Crippen LogP contribution in [-0.4, -0.2) is 46.1 Å². The summed E-state index contributed by atoms with van der Waals surface area (Å²) in [6.07, 6.45) is 1.93. The van der Waals surface area contributed by atoms with Gasteiger partial charge >= 0.3 is 0 Å². The van der Waals surface area contributed by atoms with E-state index < -0.39 is 10.0 Å². The van der Waals surface area contributed by atoms with E-state index in [1.165, 1.54) is 16.9 Å². The maximum atomic E-state index is 12.2. The Morgan fingerprint density at radius 3 is 2.73 bits per heavy atom. The summed E-state index contributed by atoms with van der Waals surface area (Å²) in [5.41, 5.74) is 1.22. The number of thiophene rings is 1. The average Bonchev–Trinajstić information content (AvgIpc) is 3.10. The lowest BCUT2D eigenvalue weighted by atomic mass is 10.1. The van der Waals surface area contributed by atoms with Gasteiger partial charge in [0.1, 0.15) is 4.21 Å². The molecule has 1 aromatic heterocycles. The first kappa shape index (κ1) is 19.5. The van der Waals surface area contributed by atoms with Crippen molar-refractivity contribution in [2.24, 2.45) is 0 Å². The van der Waals surface area contributed by atoms with E-state index >= 15 is 0 Å². The fourth-order valence-electron chi connectivity index (χ4n) is 3.07. The first-order valence-electron chi connectivity index (χ1n) is 8.99. The zero-order chi connectivity index (χ0) is 18.4. The van der Waals surface area contributed by atoms with Gasteiger partial charge in [0.2, 0.25) is 10.0 Å². The van der Waals surface area contributed by atoms with Gasteiger partial charge in [-0.2, -0.15) is 0 Å². The second kappa shape index (κ2) is 9.10. The van der Waals surface area contributed by atoms with E-state index in [2.05, 4.69) is 21.8 Å². The molecule has 2 aromatic rings. The van der Waals surface area contributed by atoms with Crippen LogP contribution in [0.25, 0.3) is 0 Å². The quantitative estimate of drug-likeness (QED) is 0.699. The highest BCUT2D eigenvalue weighted by atomic mass is 32.2. The lowest BCUT2D eigenvalue weighted by molar-refractivity contribution is -0.0303. The van der Waals surface area contributed by atoms with Crippen molar-refractivity contribution in [2.45, 2.75) is 30.1 Å². The summed E-state index contributed by atoms with van der Waals surface area (Å²) in [7, 11) is -3.35. The molecular formula is C19H26N2O3S2. The standard InChI is InChI=1S/C19H26N2O3S2/c1-16-9-10-19(25-16)26(22,23)20-11-5-6-12-21-13-14-24-18(15-21)17-7-3-2-4-8-17/h2-4,7-10,18,20H,5-6,11-15H2,1H3/t18-/m0/s1. The summed E-state index contributed by atoms with van der Waals surface area (Å²) in [5.74, 6) is 0. The number of ether oxygens (including phenoxy) is 1. The predicted octanol–water partition coefficient (Wildman–Crippen LogP) is 3.19. The van der Waals surface area contributed by atoms with Crippen LogP contribution in [0, 0.1) is 6.92 Å². The lowest BCUT2D eigenvalue weighted by Crippen LogP contribution is -2.39. The van der Waals surface area contributed by atoms with Gasteiger partial charge in [-0.05, 0) is 44.0 Å². The van der Waals surface area contributed by atoms with Crippen molar-refractivity contribution in [1.82, 2.24) is 9.62 Å². The molecule has 0 spiro atoms. The molecule has 26 heavy (non-hydrogen) atoms. The van der Waals surface area contributed by atoms with Gasteiger partial charge in [0.05, 0.1) is 12.7 Å². The van der Waals surface area contributed by atoms with Crippen LogP contribution in [0.15, 0.2) is 46.7 Å². The van der Waals surface area contributed by atoms with Gasteiger partial charge in [0.15, 0.2) is 0 Å². The Bertz CT molecular complexity index is 790. The molecule has 1 aliphatic rings. The van der Waals surface area contributed by atoms with Crippen LogP contribution >= 0.6 is 11.3 Å². The zero-order valence-electron chi connectivity index (χ0n) is 15.1. The van der Waals surface area contributed by atoms with E-state index in [0.29, 0.717) is 10.8 Å². The summed E-state index contributed by atoms with van der Waals surface area (Å²) in [6.45, 7) is 5.92. The van der Waals surface area contributed by atoms with Crippen LogP contribution < -0.4 is 4.72 Å². The summed E-state index contributed by atoms with van der Waals surface area (Å²) in [5, 5.41) is 0. The number of sulfonamides is 1. The van der Waals surface area contributed by atoms with Crippen LogP contribution in [0.5, 0.6) is 0 Å². The van der Waals surface area contributed by atoms with Crippen LogP contribution in [0.2, 0.25) is 0 Å². The van der Waals surface area contributed by atoms with Gasteiger partial charge in [0, 0.05) is 24.5 Å². The smallest absolute Gasteiger partial charge is 0.250 e. The second-order valence-corrected chi connectivity index (χ2v) is 9.82. The molecule has 0 unspecified atom stereocenters. The Balaban J connectivity index is 1.38. The van der Waals surface area contributed by atoms with E-state index in [9.17, 15) is 8.42 Å². The zero-order valence-corrected chi connectivity index (χ0v) is 16.7. The normalized spacial score (nSPS) is 18.9. The van der Waals surface area contributed by atoms with E-state index in [1.807, 2.05) is 31.2 Å². The van der Waals surface area contributed by atoms with E-state index in [0.717, 1.165) is 44.0 Å². The summed E-state index contributed by atoms with van der Waals surface area (Å²) in [4.78, 5) is 3.41. The van der Waals surface area contributed by atoms with Crippen LogP contribution in [-0.2, 0) is 14.8 Å². The molecule has 0 aliphatic carbocycles. The number of benzene rings is 1. The third-order valence-corrected chi connectivity index (χ3v) is 7.45. The third-order valence-electron chi connectivity index (χ3n) is 4.50. The van der Waals surface area contributed by atoms with Crippen LogP contribution in [0.1, 0.15) is 29.4 Å². The third kappa shape index (κ3) is 5.37. The van der Waals surface area contributed by atoms with E-state index in [-0.39, 0.29) is 6.10 Å². The summed E-state index contributed by atoms with van der Waals surface area (Å²) < 4.78 is 33.3. The summed E-state index contributed by atoms with van der Waals surface area (Å²) in [6, 6.07) is 13.8. The lowest BCUT2D eigenvalue weighted by Gasteiger charge is -2.33. The minimum atomic E-state index is -3.35. The fourth-order valence-corrected chi connectivity index (χ4v) is 5.47. The van der Waals surface area contributed by atoms with Gasteiger partial charge in [-0.1, -0.05) is 30.3 Å². The molecule has 1 atom stereocenters. The number of rotatable bonds is 8. The predicted molar refractivity (Wildman–Crippen MR) is 105 cm³/mol. The van der Waals surface area contributed by atoms with Crippen molar-refractivity contribution in [3.63, 3.8) is 0 Å². The molecular weight excluding hydrogens is 368 g/mol. The molecule has 2 heterocycles. The van der Waals surface area contributed by atoms with Crippen molar-refractivity contribution in [3.8, 4) is 0 Å². The maximum Gasteiger partial charge on any atom is 0.250 e. The van der Waals surface area contributed by atoms with Crippen molar-refractivity contribution >= 4 is 21.4 Å². The highest BCUT2D eigenvalue weighted by molar-refractivity contribution is 7.91. The first-order chi connectivity index (χ1) is 12.5. The van der Waals surface area contributed by atoms with Gasteiger partial charge in [-0.25, -0.2) is 13.1 Å². The Hall–Kier alpha value is -1.25. The molecule has 142 valence electrons. The maximum absolute atomic E-state index is 12.2. The second-order valence-electron chi connectivity index (χ2n) is 6.54. The van der Waals surface area contributed by atoms with Gasteiger partial charge in [0.25, 0.3) is 0 Å². The number of aryl methyl sites for hydroxylation is 1. The number of hydrogen-bond donors (Lipinski definition) is 1. The molecule has 1 aliphatic heterocycles. The van der Waals surface area contributed by atoms with Gasteiger partial charge < -0.3 is 4.74 Å². The first-order valence-corrected chi connectivity index (χ1v) is 11.3. The molecule has 1 saturated heterocycles. The van der Waals surface area contributed by atoms with Gasteiger partial charge in [-0.15, -0.1) is 11.3 Å². The average molecular weight is 395 g/mol. The minimum Gasteiger partial charge on any atom is -0.371 e. The molecule has 3 rings (SSSR count). The molecule has 0 amide bonds. The monoisotopic (exact) mass is 394 g/mol. The van der Waals surface area contributed by atoms with Crippen molar-refractivity contribution in [2.75, 3.05) is 32.8 Å². The fraction of sp³-hybridized carbons (Fsp3) is 0.474. The molecule has 0 bridgehead atoms. The SMILES string of the molecule is Cc1ccc(S(=O)(=O)NCCCCN2CCO[C@H](c3ccccc3)C2)s1. The molecule has 5 nitrogen and oxygen atoms in total. The number of unbranched alkanes of at least 4 members (excludes halogenated alkanes) is 1. The highest BCUT2D eigenvalue weighted by Gasteiger charge is 2.21. The Labute approximate surface area is 160 Å². The van der Waals surface area contributed by atoms with E-state index in [4.69, 9.17) is 4.74 Å². The molecule has 0 saturated carbocycles. The van der Waals surface area contributed by atoms with Crippen molar-refractivity contribution in [3.05, 3.63) is 52.9 Å². The van der Waals surface area contributed by atoms with Crippen molar-refractivity contribution in [1.29, 1.82) is 0 Å². The topological polar surface area (TPSA) is 58.6 Å². The van der Waals surface area contributed by atoms with Crippen LogP contribution in [0.3, 0.4) is 0 Å². The summed E-state index contributed by atoms with van der Waals surface area (Å²) >= 11 is 1.31. The molecule has 1 aromatic carbocycles. The molecule has 1 N–H and O–H groups in total. The van der Waals surface area contributed by atoms with Gasteiger partial charge in [-0.3, -0.25) is 4.90 Å². The Morgan fingerprint density at radius 2 is 2.00 bits per heavy atom. The molecule has 0 radical (unpaired) electrons. The highest BCUT2D eigenvalue weighted by Crippen LogP contribution is 2.22. The number of hydrogen-bond acceptors (Lipinski definition) is 5. The largest absolute Gasteiger partial charge is 0.371 e. The van der Waals surface area contributed by atoms with Crippen LogP contribution in [0.4, 0.5) is 0 Å². The Kier molecular flexibility index (Phi) is 6.83. The van der Waals surface area contributed by atoms with Crippen molar-refractivity contribution < 1.29 is 13.2 Å². The number of morpholine rings is 1. The number of nitrogens with one attached hydrogen (secondary N) is 1. The number of nitrogens with zero attached hydrogens (tertiary/aromatic N) is 1. The molecule has 7 heteroatoms. The molecule has 1 fully saturated rings. The van der Waals surface area contributed by atoms with E-state index in [1.54, 1.807) is 6.07 Å². The Morgan fingerprint density at radius 1 is 1.19 bits per heavy atom.